The summed E-state index contributed by atoms with van der Waals surface area (Å²) in [5.74, 6) is 0.441. The summed E-state index contributed by atoms with van der Waals surface area (Å²) >= 11 is 0. The van der Waals surface area contributed by atoms with Crippen molar-refractivity contribution in [1.29, 1.82) is 0 Å². The number of hydrogen-bond acceptors (Lipinski definition) is 5. The SMILES string of the molecule is CCn1nc(C(=O)NNC(=O)CCc2ccc(-c3ccccc3)o2)c2ccccc2c1=O. The van der Waals surface area contributed by atoms with E-state index in [1.54, 1.807) is 31.2 Å². The van der Waals surface area contributed by atoms with Gasteiger partial charge in [-0.3, -0.25) is 25.2 Å². The van der Waals surface area contributed by atoms with Gasteiger partial charge in [0.15, 0.2) is 5.69 Å². The van der Waals surface area contributed by atoms with E-state index in [4.69, 9.17) is 4.42 Å². The van der Waals surface area contributed by atoms with Crippen LogP contribution < -0.4 is 16.4 Å². The summed E-state index contributed by atoms with van der Waals surface area (Å²) < 4.78 is 7.01. The van der Waals surface area contributed by atoms with Gasteiger partial charge in [0.1, 0.15) is 11.5 Å². The van der Waals surface area contributed by atoms with Crippen molar-refractivity contribution in [1.82, 2.24) is 20.6 Å². The predicted molar refractivity (Wildman–Crippen MR) is 120 cm³/mol. The minimum Gasteiger partial charge on any atom is -0.461 e. The molecule has 4 aromatic rings. The van der Waals surface area contributed by atoms with Crippen LogP contribution in [0.4, 0.5) is 0 Å². The molecule has 0 unspecified atom stereocenters. The molecule has 162 valence electrons. The zero-order chi connectivity index (χ0) is 22.5. The van der Waals surface area contributed by atoms with E-state index in [0.717, 1.165) is 11.3 Å². The van der Waals surface area contributed by atoms with Crippen molar-refractivity contribution < 1.29 is 14.0 Å². The molecule has 2 aromatic heterocycles. The lowest BCUT2D eigenvalue weighted by molar-refractivity contribution is -0.121. The Balaban J connectivity index is 1.38. The number of nitrogens with zero attached hydrogens (tertiary/aromatic N) is 2. The smallest absolute Gasteiger partial charge is 0.290 e. The Hall–Kier alpha value is -4.20. The number of hydrazine groups is 1. The van der Waals surface area contributed by atoms with Crippen LogP contribution in [0.25, 0.3) is 22.1 Å². The zero-order valence-electron chi connectivity index (χ0n) is 17.5. The summed E-state index contributed by atoms with van der Waals surface area (Å²) in [6.45, 7) is 2.09. The molecule has 2 heterocycles. The second-order valence-corrected chi connectivity index (χ2v) is 7.15. The molecule has 2 N–H and O–H groups in total. The Morgan fingerprint density at radius 1 is 0.938 bits per heavy atom. The summed E-state index contributed by atoms with van der Waals surface area (Å²) in [4.78, 5) is 37.3. The van der Waals surface area contributed by atoms with E-state index < -0.39 is 5.91 Å². The quantitative estimate of drug-likeness (QED) is 0.457. The minimum atomic E-state index is -0.596. The van der Waals surface area contributed by atoms with Crippen molar-refractivity contribution in [3.63, 3.8) is 0 Å². The maximum Gasteiger partial charge on any atom is 0.290 e. The summed E-state index contributed by atoms with van der Waals surface area (Å²) in [5, 5.41) is 4.97. The van der Waals surface area contributed by atoms with Crippen LogP contribution >= 0.6 is 0 Å². The highest BCUT2D eigenvalue weighted by molar-refractivity contribution is 6.05. The summed E-state index contributed by atoms with van der Waals surface area (Å²) in [6, 6.07) is 20.1. The van der Waals surface area contributed by atoms with Gasteiger partial charge in [0.25, 0.3) is 11.5 Å². The number of aryl methyl sites for hydroxylation is 2. The van der Waals surface area contributed by atoms with Crippen LogP contribution in [0.1, 0.15) is 29.6 Å². The highest BCUT2D eigenvalue weighted by Gasteiger charge is 2.17. The normalized spacial score (nSPS) is 10.8. The van der Waals surface area contributed by atoms with E-state index >= 15 is 0 Å². The Labute approximate surface area is 183 Å². The van der Waals surface area contributed by atoms with Crippen molar-refractivity contribution >= 4 is 22.6 Å². The van der Waals surface area contributed by atoms with Gasteiger partial charge in [0.2, 0.25) is 5.91 Å². The zero-order valence-corrected chi connectivity index (χ0v) is 17.5. The first kappa shape index (κ1) is 21.0. The Morgan fingerprint density at radius 2 is 1.66 bits per heavy atom. The predicted octanol–water partition coefficient (Wildman–Crippen LogP) is 3.07. The topological polar surface area (TPSA) is 106 Å². The van der Waals surface area contributed by atoms with Crippen LogP contribution in [0, 0.1) is 0 Å². The molecule has 0 saturated heterocycles. The summed E-state index contributed by atoms with van der Waals surface area (Å²) in [5.41, 5.74) is 5.55. The van der Waals surface area contributed by atoms with E-state index in [0.29, 0.717) is 29.5 Å². The van der Waals surface area contributed by atoms with Crippen LogP contribution in [0.3, 0.4) is 0 Å². The van der Waals surface area contributed by atoms with E-state index in [9.17, 15) is 14.4 Å². The molecule has 0 saturated carbocycles. The van der Waals surface area contributed by atoms with Crippen molar-refractivity contribution in [2.75, 3.05) is 0 Å². The molecule has 0 aliphatic heterocycles. The molecule has 32 heavy (non-hydrogen) atoms. The molecule has 0 aliphatic carbocycles. The highest BCUT2D eigenvalue weighted by atomic mass is 16.3. The van der Waals surface area contributed by atoms with Crippen molar-refractivity contribution in [3.8, 4) is 11.3 Å². The standard InChI is InChI=1S/C24H22N4O4/c1-2-28-24(31)19-11-7-6-10-18(19)22(27-28)23(30)26-25-21(29)15-13-17-12-14-20(32-17)16-8-4-3-5-9-16/h3-12,14H,2,13,15H2,1H3,(H,25,29)(H,26,30). The van der Waals surface area contributed by atoms with E-state index in [-0.39, 0.29) is 23.6 Å². The lowest BCUT2D eigenvalue weighted by Crippen LogP contribution is -2.42. The maximum absolute atomic E-state index is 12.7. The molecular formula is C24H22N4O4. The second-order valence-electron chi connectivity index (χ2n) is 7.15. The fourth-order valence-corrected chi connectivity index (χ4v) is 3.37. The van der Waals surface area contributed by atoms with Crippen LogP contribution in [0.5, 0.6) is 0 Å². The maximum atomic E-state index is 12.7. The van der Waals surface area contributed by atoms with Crippen molar-refractivity contribution in [2.45, 2.75) is 26.3 Å². The van der Waals surface area contributed by atoms with Crippen LogP contribution in [-0.2, 0) is 17.8 Å². The molecule has 2 aromatic carbocycles. The Bertz CT molecular complexity index is 1320. The number of hydrogen-bond donors (Lipinski definition) is 2. The van der Waals surface area contributed by atoms with Gasteiger partial charge in [0.05, 0.1) is 5.39 Å². The number of carbonyl (C=O) groups is 2. The number of carbonyl (C=O) groups excluding carboxylic acids is 2. The third-order valence-electron chi connectivity index (χ3n) is 5.02. The molecule has 4 rings (SSSR count). The third-order valence-corrected chi connectivity index (χ3v) is 5.02. The van der Waals surface area contributed by atoms with Crippen LogP contribution in [0.2, 0.25) is 0 Å². The largest absolute Gasteiger partial charge is 0.461 e. The molecule has 8 nitrogen and oxygen atoms in total. The molecule has 0 spiro atoms. The lowest BCUT2D eigenvalue weighted by atomic mass is 10.1. The van der Waals surface area contributed by atoms with Gasteiger partial charge in [-0.2, -0.15) is 5.10 Å². The van der Waals surface area contributed by atoms with Crippen LogP contribution in [0.15, 0.2) is 75.9 Å². The number of rotatable bonds is 6. The molecule has 0 aliphatic rings. The summed E-state index contributed by atoms with van der Waals surface area (Å²) in [7, 11) is 0. The van der Waals surface area contributed by atoms with E-state index in [1.807, 2.05) is 42.5 Å². The first-order valence-corrected chi connectivity index (χ1v) is 10.3. The Morgan fingerprint density at radius 3 is 2.41 bits per heavy atom. The lowest BCUT2D eigenvalue weighted by Gasteiger charge is -2.10. The fourth-order valence-electron chi connectivity index (χ4n) is 3.37. The van der Waals surface area contributed by atoms with Gasteiger partial charge in [-0.15, -0.1) is 0 Å². The Kier molecular flexibility index (Phi) is 6.12. The number of fused-ring (bicyclic) bond motifs is 1. The third kappa shape index (κ3) is 4.44. The number of benzene rings is 2. The highest BCUT2D eigenvalue weighted by Crippen LogP contribution is 2.22. The fraction of sp³-hybridized carbons (Fsp3) is 0.167. The number of nitrogens with one attached hydrogen (secondary N) is 2. The van der Waals surface area contributed by atoms with Crippen molar-refractivity contribution in [2.24, 2.45) is 0 Å². The molecule has 0 atom stereocenters. The monoisotopic (exact) mass is 430 g/mol. The summed E-state index contributed by atoms with van der Waals surface area (Å²) in [6.07, 6.45) is 0.515. The molecule has 0 radical (unpaired) electrons. The van der Waals surface area contributed by atoms with Gasteiger partial charge in [-0.1, -0.05) is 48.5 Å². The first-order valence-electron chi connectivity index (χ1n) is 10.3. The van der Waals surface area contributed by atoms with Gasteiger partial charge in [-0.25, -0.2) is 4.68 Å². The number of furan rings is 1. The minimum absolute atomic E-state index is 0.0703. The molecule has 2 amide bonds. The van der Waals surface area contributed by atoms with E-state index in [2.05, 4.69) is 16.0 Å². The molecule has 8 heteroatoms. The number of aromatic nitrogens is 2. The van der Waals surface area contributed by atoms with E-state index in [1.165, 1.54) is 4.68 Å². The van der Waals surface area contributed by atoms with Gasteiger partial charge >= 0.3 is 0 Å². The number of amides is 2. The van der Waals surface area contributed by atoms with Crippen molar-refractivity contribution in [3.05, 3.63) is 88.5 Å². The van der Waals surface area contributed by atoms with Gasteiger partial charge in [-0.05, 0) is 25.1 Å². The average molecular weight is 430 g/mol. The molecule has 0 bridgehead atoms. The molecule has 0 fully saturated rings. The average Bonchev–Trinajstić information content (AvgIpc) is 3.31. The van der Waals surface area contributed by atoms with Gasteiger partial charge in [0, 0.05) is 30.3 Å². The molecular weight excluding hydrogens is 408 g/mol. The van der Waals surface area contributed by atoms with Crippen LogP contribution in [-0.4, -0.2) is 21.6 Å². The first-order chi connectivity index (χ1) is 15.6. The van der Waals surface area contributed by atoms with Gasteiger partial charge < -0.3 is 4.42 Å². The second kappa shape index (κ2) is 9.30.